The van der Waals surface area contributed by atoms with Crippen LogP contribution < -0.4 is 9.65 Å². The lowest BCUT2D eigenvalue weighted by atomic mass is 10.1. The van der Waals surface area contributed by atoms with Crippen molar-refractivity contribution in [2.24, 2.45) is 10.2 Å². The van der Waals surface area contributed by atoms with Gasteiger partial charge in [0.05, 0.1) is 23.2 Å². The van der Waals surface area contributed by atoms with Crippen molar-refractivity contribution in [3.05, 3.63) is 72.6 Å². The molecule has 5 aromatic rings. The molecule has 3 aromatic heterocycles. The van der Waals surface area contributed by atoms with E-state index in [2.05, 4.69) is 35.1 Å². The summed E-state index contributed by atoms with van der Waals surface area (Å²) in [5, 5.41) is 8.52. The van der Waals surface area contributed by atoms with Crippen molar-refractivity contribution >= 4 is 33.7 Å². The van der Waals surface area contributed by atoms with E-state index in [0.717, 1.165) is 33.2 Å². The van der Waals surface area contributed by atoms with Gasteiger partial charge in [0.25, 0.3) is 0 Å². The van der Waals surface area contributed by atoms with Crippen LogP contribution in [0.1, 0.15) is 10.4 Å². The van der Waals surface area contributed by atoms with Crippen LogP contribution in [0.4, 0.5) is 5.82 Å². The zero-order valence-corrected chi connectivity index (χ0v) is 18.2. The van der Waals surface area contributed by atoms with E-state index >= 15 is 0 Å². The molecule has 0 spiro atoms. The van der Waals surface area contributed by atoms with Gasteiger partial charge in [-0.15, -0.1) is 0 Å². The van der Waals surface area contributed by atoms with Crippen molar-refractivity contribution < 1.29 is 14.3 Å². The Bertz CT molecular complexity index is 1530. The molecule has 0 unspecified atom stereocenters. The largest absolute Gasteiger partial charge is 0.491 e. The lowest BCUT2D eigenvalue weighted by Crippen LogP contribution is -2.03. The zero-order chi connectivity index (χ0) is 23.3. The van der Waals surface area contributed by atoms with Crippen LogP contribution in [-0.4, -0.2) is 46.2 Å². The highest BCUT2D eigenvalue weighted by Crippen LogP contribution is 2.24. The molecule has 0 fully saturated rings. The first-order chi connectivity index (χ1) is 16.7. The second-order valence-corrected chi connectivity index (χ2v) is 7.38. The number of benzene rings is 2. The number of pyridine rings is 1. The third kappa shape index (κ3) is 4.58. The van der Waals surface area contributed by atoms with E-state index < -0.39 is 5.91 Å². The van der Waals surface area contributed by atoms with Gasteiger partial charge in [-0.25, -0.2) is 9.97 Å². The molecule has 0 bridgehead atoms. The molecule has 1 amide bonds. The molecular formula is C24H20N7O3+. The number of hydrogen-bond donors (Lipinski definition) is 2. The topological polar surface area (TPSA) is 132 Å². The number of aromatic nitrogens is 4. The summed E-state index contributed by atoms with van der Waals surface area (Å²) in [7, 11) is 1.63. The Hall–Kier alpha value is -4.66. The van der Waals surface area contributed by atoms with E-state index in [9.17, 15) is 4.79 Å². The van der Waals surface area contributed by atoms with Gasteiger partial charge in [-0.3, -0.25) is 4.79 Å². The first kappa shape index (κ1) is 21.2. The molecule has 0 saturated carbocycles. The molecule has 34 heavy (non-hydrogen) atoms. The molecule has 3 heterocycles. The second kappa shape index (κ2) is 9.45. The molecule has 2 N–H and O–H groups in total. The van der Waals surface area contributed by atoms with Crippen molar-refractivity contribution in [3.63, 3.8) is 0 Å². The maximum atomic E-state index is 12.3. The number of amides is 1. The maximum Gasteiger partial charge on any atom is 0.360 e. The molecule has 0 saturated heterocycles. The Kier molecular flexibility index (Phi) is 5.89. The number of nitrogens with one attached hydrogen (secondary N) is 2. The van der Waals surface area contributed by atoms with Crippen LogP contribution >= 0.6 is 0 Å². The highest BCUT2D eigenvalue weighted by atomic mass is 16.5. The second-order valence-electron chi connectivity index (χ2n) is 7.38. The number of imidazole rings is 1. The minimum Gasteiger partial charge on any atom is -0.491 e. The van der Waals surface area contributed by atoms with E-state index in [-0.39, 0.29) is 0 Å². The number of rotatable bonds is 7. The number of carbonyl (C=O) groups is 1. The monoisotopic (exact) mass is 454 g/mol. The molecule has 0 aliphatic heterocycles. The van der Waals surface area contributed by atoms with Crippen LogP contribution in [0.25, 0.3) is 33.3 Å². The quantitative estimate of drug-likeness (QED) is 0.211. The summed E-state index contributed by atoms with van der Waals surface area (Å²) < 4.78 is 10.6. The van der Waals surface area contributed by atoms with Gasteiger partial charge in [0, 0.05) is 48.1 Å². The number of H-pyrrole nitrogens is 2. The predicted molar refractivity (Wildman–Crippen MR) is 126 cm³/mol. The molecule has 0 atom stereocenters. The standard InChI is InChI=1S/C24H19N7O3/c1-33-10-11-34-18-6-7-19-21(12-18)28-23(27-19)15-2-4-16(5-3-15)24(32)30-31-29-22-13-20-17(14-26-22)8-9-25-20/h2-9,12-14H,10-11H2,1H3,(H,27,28,32)/p+1. The molecule has 168 valence electrons. The fourth-order valence-electron chi connectivity index (χ4n) is 3.38. The highest BCUT2D eigenvalue weighted by molar-refractivity contribution is 5.95. The molecule has 5 rings (SSSR count). The molecule has 0 radical (unpaired) electrons. The number of hydrogen-bond acceptors (Lipinski definition) is 6. The summed E-state index contributed by atoms with van der Waals surface area (Å²) in [6, 6.07) is 16.2. The van der Waals surface area contributed by atoms with Crippen LogP contribution in [-0.2, 0) is 4.74 Å². The van der Waals surface area contributed by atoms with E-state index in [0.29, 0.717) is 30.4 Å². The Morgan fingerprint density at radius 3 is 2.79 bits per heavy atom. The van der Waals surface area contributed by atoms with Gasteiger partial charge in [0.15, 0.2) is 5.11 Å². The lowest BCUT2D eigenvalue weighted by Gasteiger charge is -2.04. The van der Waals surface area contributed by atoms with Crippen molar-refractivity contribution in [2.75, 3.05) is 20.3 Å². The highest BCUT2D eigenvalue weighted by Gasteiger charge is 2.12. The van der Waals surface area contributed by atoms with Gasteiger partial charge >= 0.3 is 5.91 Å². The molecule has 10 nitrogen and oxygen atoms in total. The Morgan fingerprint density at radius 2 is 1.94 bits per heavy atom. The molecule has 0 aliphatic rings. The van der Waals surface area contributed by atoms with Crippen LogP contribution in [0.5, 0.6) is 5.75 Å². The molecule has 0 aliphatic carbocycles. The SMILES string of the molecule is COCCOc1ccc2nc(-c3ccc(C(=O)N=[N+]=Nc4cc5[nH]ccc5cn4)cc3)[nH]c2c1. The average molecular weight is 454 g/mol. The van der Waals surface area contributed by atoms with E-state index in [1.807, 2.05) is 30.5 Å². The third-order valence-corrected chi connectivity index (χ3v) is 5.12. The van der Waals surface area contributed by atoms with Crippen LogP contribution in [0, 0.1) is 0 Å². The minimum atomic E-state index is -0.501. The fraction of sp³-hybridized carbons (Fsp3) is 0.125. The van der Waals surface area contributed by atoms with Gasteiger partial charge in [-0.1, -0.05) is 12.1 Å². The van der Waals surface area contributed by atoms with E-state index in [1.54, 1.807) is 43.6 Å². The minimum absolute atomic E-state index is 0.360. The Morgan fingerprint density at radius 1 is 1.06 bits per heavy atom. The molecule has 10 heteroatoms. The van der Waals surface area contributed by atoms with Crippen molar-refractivity contribution in [1.29, 1.82) is 0 Å². The van der Waals surface area contributed by atoms with Crippen LogP contribution in [0.2, 0.25) is 0 Å². The number of ether oxygens (including phenoxy) is 2. The third-order valence-electron chi connectivity index (χ3n) is 5.12. The van der Waals surface area contributed by atoms with Crippen LogP contribution in [0.3, 0.4) is 0 Å². The predicted octanol–water partition coefficient (Wildman–Crippen LogP) is 4.57. The Labute approximate surface area is 193 Å². The van der Waals surface area contributed by atoms with Gasteiger partial charge in [0.1, 0.15) is 18.2 Å². The zero-order valence-electron chi connectivity index (χ0n) is 18.2. The molecular weight excluding hydrogens is 434 g/mol. The normalized spacial score (nSPS) is 10.9. The summed E-state index contributed by atoms with van der Waals surface area (Å²) in [6.07, 6.45) is 3.49. The first-order valence-corrected chi connectivity index (χ1v) is 10.5. The number of aromatic amines is 2. The van der Waals surface area contributed by atoms with Crippen molar-refractivity contribution in [3.8, 4) is 17.1 Å². The smallest absolute Gasteiger partial charge is 0.360 e. The number of fused-ring (bicyclic) bond motifs is 2. The maximum absolute atomic E-state index is 12.3. The number of carbonyl (C=O) groups excluding carboxylic acids is 1. The van der Waals surface area contributed by atoms with Crippen molar-refractivity contribution in [1.82, 2.24) is 24.8 Å². The van der Waals surface area contributed by atoms with Crippen LogP contribution in [0.15, 0.2) is 77.2 Å². The Balaban J connectivity index is 1.29. The summed E-state index contributed by atoms with van der Waals surface area (Å²) in [5.41, 5.74) is 3.77. The summed E-state index contributed by atoms with van der Waals surface area (Å²) in [5.74, 6) is 1.28. The average Bonchev–Trinajstić information content (AvgIpc) is 3.50. The molecule has 2 aromatic carbocycles. The van der Waals surface area contributed by atoms with Gasteiger partial charge in [-0.2, -0.15) is 0 Å². The van der Waals surface area contributed by atoms with E-state index in [4.69, 9.17) is 9.47 Å². The van der Waals surface area contributed by atoms with E-state index in [1.165, 1.54) is 0 Å². The summed E-state index contributed by atoms with van der Waals surface area (Å²) in [4.78, 5) is 31.1. The number of methoxy groups -OCH3 is 1. The fourth-order valence-corrected chi connectivity index (χ4v) is 3.38. The number of nitrogens with zero attached hydrogens (tertiary/aromatic N) is 5. The van der Waals surface area contributed by atoms with Gasteiger partial charge in [-0.05, 0) is 30.3 Å². The summed E-state index contributed by atoms with van der Waals surface area (Å²) in [6.45, 7) is 0.993. The first-order valence-electron chi connectivity index (χ1n) is 10.5. The van der Waals surface area contributed by atoms with Gasteiger partial charge < -0.3 is 19.4 Å². The summed E-state index contributed by atoms with van der Waals surface area (Å²) >= 11 is 0. The van der Waals surface area contributed by atoms with Crippen molar-refractivity contribution in [2.45, 2.75) is 0 Å². The van der Waals surface area contributed by atoms with Gasteiger partial charge in [0.2, 0.25) is 15.8 Å². The lowest BCUT2D eigenvalue weighted by molar-refractivity contribution is 0.0992.